The van der Waals surface area contributed by atoms with Gasteiger partial charge in [0.1, 0.15) is 5.75 Å². The van der Waals surface area contributed by atoms with Crippen LogP contribution < -0.4 is 4.74 Å². The summed E-state index contributed by atoms with van der Waals surface area (Å²) in [5.41, 5.74) is 0.824. The maximum Gasteiger partial charge on any atom is 0.308 e. The zero-order chi connectivity index (χ0) is 17.9. The summed E-state index contributed by atoms with van der Waals surface area (Å²) in [7, 11) is 0. The molecule has 1 atom stereocenters. The summed E-state index contributed by atoms with van der Waals surface area (Å²) in [5.74, 6) is -1.29. The molecule has 1 aromatic rings. The van der Waals surface area contributed by atoms with Gasteiger partial charge in [-0.05, 0) is 24.1 Å². The summed E-state index contributed by atoms with van der Waals surface area (Å²) in [6, 6.07) is 5.99. The van der Waals surface area contributed by atoms with Crippen LogP contribution in [0.1, 0.15) is 45.2 Å². The molecule has 6 nitrogen and oxygen atoms in total. The number of rotatable bonds is 6. The standard InChI is InChI=1S/C18H21NO5/c1-4-10-19-16(15(14(21)5-2)17(22)18(19)23)12-6-8-13(9-7-12)24-11(3)20/h6-9,16,22H,4-5,10H2,1-3H3. The van der Waals surface area contributed by atoms with Gasteiger partial charge in [0.15, 0.2) is 11.5 Å². The number of aliphatic hydroxyl groups excluding tert-OH is 1. The van der Waals surface area contributed by atoms with Crippen LogP contribution in [0.15, 0.2) is 35.6 Å². The highest BCUT2D eigenvalue weighted by molar-refractivity contribution is 6.08. The normalized spacial score (nSPS) is 17.4. The highest BCUT2D eigenvalue weighted by atomic mass is 16.5. The first-order valence-corrected chi connectivity index (χ1v) is 7.96. The van der Waals surface area contributed by atoms with E-state index >= 15 is 0 Å². The van der Waals surface area contributed by atoms with Crippen molar-refractivity contribution >= 4 is 17.7 Å². The molecule has 6 heteroatoms. The van der Waals surface area contributed by atoms with E-state index in [2.05, 4.69) is 0 Å². The number of esters is 1. The molecule has 1 aliphatic heterocycles. The fraction of sp³-hybridized carbons (Fsp3) is 0.389. The number of amides is 1. The predicted molar refractivity (Wildman–Crippen MR) is 87.4 cm³/mol. The van der Waals surface area contributed by atoms with Crippen LogP contribution in [0.3, 0.4) is 0 Å². The van der Waals surface area contributed by atoms with Gasteiger partial charge in [0.2, 0.25) is 0 Å². The van der Waals surface area contributed by atoms with Gasteiger partial charge < -0.3 is 14.7 Å². The minimum absolute atomic E-state index is 0.135. The van der Waals surface area contributed by atoms with E-state index < -0.39 is 23.7 Å². The molecule has 1 heterocycles. The summed E-state index contributed by atoms with van der Waals surface area (Å²) in [4.78, 5) is 37.1. The largest absolute Gasteiger partial charge is 0.503 e. The predicted octanol–water partition coefficient (Wildman–Crippen LogP) is 2.70. The lowest BCUT2D eigenvalue weighted by Gasteiger charge is -2.26. The SMILES string of the molecule is CCCN1C(=O)C(O)=C(C(=O)CC)C1c1ccc(OC(C)=O)cc1. The third-order valence-corrected chi connectivity index (χ3v) is 3.85. The van der Waals surface area contributed by atoms with Crippen LogP contribution in [0.25, 0.3) is 0 Å². The van der Waals surface area contributed by atoms with Crippen LogP contribution in [-0.4, -0.2) is 34.2 Å². The minimum Gasteiger partial charge on any atom is -0.503 e. The molecule has 2 rings (SSSR count). The number of ketones is 1. The van der Waals surface area contributed by atoms with E-state index in [1.165, 1.54) is 11.8 Å². The van der Waals surface area contributed by atoms with E-state index in [-0.39, 0.29) is 17.8 Å². The van der Waals surface area contributed by atoms with Crippen LogP contribution in [0, 0.1) is 0 Å². The fourth-order valence-corrected chi connectivity index (χ4v) is 2.83. The van der Waals surface area contributed by atoms with E-state index in [4.69, 9.17) is 4.74 Å². The summed E-state index contributed by atoms with van der Waals surface area (Å²) < 4.78 is 5.00. The monoisotopic (exact) mass is 331 g/mol. The first-order valence-electron chi connectivity index (χ1n) is 7.96. The highest BCUT2D eigenvalue weighted by Crippen LogP contribution is 2.38. The summed E-state index contributed by atoms with van der Waals surface area (Å²) in [6.07, 6.45) is 0.906. The topological polar surface area (TPSA) is 83.9 Å². The van der Waals surface area contributed by atoms with Crippen molar-refractivity contribution in [2.45, 2.75) is 39.7 Å². The Kier molecular flexibility index (Phi) is 5.39. The van der Waals surface area contributed by atoms with Crippen molar-refractivity contribution in [1.29, 1.82) is 0 Å². The number of hydrogen-bond acceptors (Lipinski definition) is 5. The molecule has 1 aromatic carbocycles. The van der Waals surface area contributed by atoms with Gasteiger partial charge in [-0.2, -0.15) is 0 Å². The maximum atomic E-state index is 12.3. The van der Waals surface area contributed by atoms with Crippen molar-refractivity contribution in [2.75, 3.05) is 6.54 Å². The summed E-state index contributed by atoms with van der Waals surface area (Å²) >= 11 is 0. The average Bonchev–Trinajstić information content (AvgIpc) is 2.80. The van der Waals surface area contributed by atoms with Crippen molar-refractivity contribution in [3.63, 3.8) is 0 Å². The third-order valence-electron chi connectivity index (χ3n) is 3.85. The van der Waals surface area contributed by atoms with Crippen LogP contribution in [0.4, 0.5) is 0 Å². The molecular weight excluding hydrogens is 310 g/mol. The maximum absolute atomic E-state index is 12.3. The molecule has 0 bridgehead atoms. The molecule has 1 amide bonds. The van der Waals surface area contributed by atoms with Gasteiger partial charge in [0, 0.05) is 19.9 Å². The molecule has 24 heavy (non-hydrogen) atoms. The van der Waals surface area contributed by atoms with E-state index in [1.807, 2.05) is 6.92 Å². The Labute approximate surface area is 140 Å². The molecule has 1 aliphatic rings. The van der Waals surface area contributed by atoms with Gasteiger partial charge in [-0.3, -0.25) is 14.4 Å². The molecule has 0 aliphatic carbocycles. The van der Waals surface area contributed by atoms with E-state index in [0.717, 1.165) is 0 Å². The Morgan fingerprint density at radius 2 is 1.83 bits per heavy atom. The quantitative estimate of drug-likeness (QED) is 0.640. The highest BCUT2D eigenvalue weighted by Gasteiger charge is 2.42. The fourth-order valence-electron chi connectivity index (χ4n) is 2.83. The van der Waals surface area contributed by atoms with Crippen molar-refractivity contribution < 1.29 is 24.2 Å². The molecule has 0 saturated heterocycles. The first-order chi connectivity index (χ1) is 11.4. The Hall–Kier alpha value is -2.63. The lowest BCUT2D eigenvalue weighted by molar-refractivity contribution is -0.132. The van der Waals surface area contributed by atoms with Gasteiger partial charge >= 0.3 is 5.97 Å². The summed E-state index contributed by atoms with van der Waals surface area (Å²) in [6.45, 7) is 5.35. The molecule has 0 radical (unpaired) electrons. The van der Waals surface area contributed by atoms with Crippen LogP contribution in [-0.2, 0) is 14.4 Å². The number of Topliss-reactive ketones (excluding diaryl/α,β-unsaturated/α-hetero) is 1. The van der Waals surface area contributed by atoms with Crippen LogP contribution in [0.5, 0.6) is 5.75 Å². The number of hydrogen-bond donors (Lipinski definition) is 1. The lowest BCUT2D eigenvalue weighted by atomic mass is 9.95. The Balaban J connectivity index is 2.43. The lowest BCUT2D eigenvalue weighted by Crippen LogP contribution is -2.31. The smallest absolute Gasteiger partial charge is 0.308 e. The van der Waals surface area contributed by atoms with Crippen molar-refractivity contribution in [3.8, 4) is 5.75 Å². The number of nitrogens with zero attached hydrogens (tertiary/aromatic N) is 1. The van der Waals surface area contributed by atoms with Crippen LogP contribution in [0.2, 0.25) is 0 Å². The molecule has 1 unspecified atom stereocenters. The van der Waals surface area contributed by atoms with Crippen molar-refractivity contribution in [1.82, 2.24) is 4.90 Å². The number of carbonyl (C=O) groups is 3. The van der Waals surface area contributed by atoms with Gasteiger partial charge in [-0.1, -0.05) is 26.0 Å². The Morgan fingerprint density at radius 3 is 2.33 bits per heavy atom. The summed E-state index contributed by atoms with van der Waals surface area (Å²) in [5, 5.41) is 10.2. The zero-order valence-corrected chi connectivity index (χ0v) is 14.0. The Bertz CT molecular complexity index is 690. The van der Waals surface area contributed by atoms with Gasteiger partial charge in [0.05, 0.1) is 11.6 Å². The molecular formula is C18H21NO5. The van der Waals surface area contributed by atoms with E-state index in [1.54, 1.807) is 31.2 Å². The molecule has 0 spiro atoms. The number of aliphatic hydroxyl groups is 1. The second kappa shape index (κ2) is 7.29. The molecule has 128 valence electrons. The van der Waals surface area contributed by atoms with Crippen molar-refractivity contribution in [2.24, 2.45) is 0 Å². The van der Waals surface area contributed by atoms with Crippen molar-refractivity contribution in [3.05, 3.63) is 41.2 Å². The molecule has 0 aromatic heterocycles. The zero-order valence-electron chi connectivity index (χ0n) is 14.0. The van der Waals surface area contributed by atoms with Gasteiger partial charge in [0.25, 0.3) is 5.91 Å². The van der Waals surface area contributed by atoms with Gasteiger partial charge in [-0.25, -0.2) is 0 Å². The number of carbonyl (C=O) groups excluding carboxylic acids is 3. The number of ether oxygens (including phenoxy) is 1. The van der Waals surface area contributed by atoms with E-state index in [9.17, 15) is 19.5 Å². The minimum atomic E-state index is -0.615. The second-order valence-corrected chi connectivity index (χ2v) is 5.60. The van der Waals surface area contributed by atoms with Crippen LogP contribution >= 0.6 is 0 Å². The van der Waals surface area contributed by atoms with E-state index in [0.29, 0.717) is 24.3 Å². The number of benzene rings is 1. The molecule has 0 fully saturated rings. The molecule has 1 N–H and O–H groups in total. The molecule has 0 saturated carbocycles. The average molecular weight is 331 g/mol. The first kappa shape index (κ1) is 17.7. The third kappa shape index (κ3) is 3.32. The van der Waals surface area contributed by atoms with Gasteiger partial charge in [-0.15, -0.1) is 0 Å². The Morgan fingerprint density at radius 1 is 1.21 bits per heavy atom. The second-order valence-electron chi connectivity index (χ2n) is 5.60.